The van der Waals surface area contributed by atoms with Gasteiger partial charge < -0.3 is 9.84 Å². The van der Waals surface area contributed by atoms with E-state index in [9.17, 15) is 4.79 Å². The summed E-state index contributed by atoms with van der Waals surface area (Å²) in [6.45, 7) is 2.77. The van der Waals surface area contributed by atoms with E-state index >= 15 is 0 Å². The molecule has 1 N–H and O–H groups in total. The number of nitrogens with zero attached hydrogens (tertiary/aromatic N) is 2. The van der Waals surface area contributed by atoms with Gasteiger partial charge in [-0.15, -0.1) is 0 Å². The average Bonchev–Trinajstić information content (AvgIpc) is 3.34. The summed E-state index contributed by atoms with van der Waals surface area (Å²) in [6, 6.07) is 9.89. The van der Waals surface area contributed by atoms with Gasteiger partial charge in [-0.05, 0) is 49.9 Å². The van der Waals surface area contributed by atoms with E-state index in [0.717, 1.165) is 56.1 Å². The fraction of sp³-hybridized carbons (Fsp3) is 0.474. The highest BCUT2D eigenvalue weighted by Crippen LogP contribution is 2.40. The van der Waals surface area contributed by atoms with Crippen LogP contribution < -0.4 is 5.32 Å². The van der Waals surface area contributed by atoms with Crippen molar-refractivity contribution in [3.63, 3.8) is 0 Å². The van der Waals surface area contributed by atoms with E-state index < -0.39 is 0 Å². The third-order valence-electron chi connectivity index (χ3n) is 4.90. The van der Waals surface area contributed by atoms with Crippen molar-refractivity contribution < 1.29 is 9.32 Å². The van der Waals surface area contributed by atoms with Crippen molar-refractivity contribution in [3.05, 3.63) is 52.4 Å². The van der Waals surface area contributed by atoms with Gasteiger partial charge in [-0.2, -0.15) is 0 Å². The predicted octanol–water partition coefficient (Wildman–Crippen LogP) is 3.60. The predicted molar refractivity (Wildman–Crippen MR) is 95.7 cm³/mol. The van der Waals surface area contributed by atoms with Crippen molar-refractivity contribution in [2.45, 2.75) is 44.2 Å². The lowest BCUT2D eigenvalue weighted by Crippen LogP contribution is -2.47. The van der Waals surface area contributed by atoms with E-state index in [-0.39, 0.29) is 11.9 Å². The molecule has 1 aliphatic carbocycles. The minimum atomic E-state index is -0.131. The fourth-order valence-corrected chi connectivity index (χ4v) is 3.51. The second kappa shape index (κ2) is 7.18. The molecule has 5 nitrogen and oxygen atoms in total. The summed E-state index contributed by atoms with van der Waals surface area (Å²) in [6.07, 6.45) is 4.35. The number of carbonyl (C=O) groups is 1. The standard InChI is InChI=1S/C19H22ClN3O2/c20-15-7-3-13(4-8-15)11-23-9-1-2-16(12-23)21-19(24)17-10-18(25-22-17)14-5-6-14/h3-4,7-8,10,14,16H,1-2,5-6,9,11-12H2,(H,21,24). The zero-order valence-electron chi connectivity index (χ0n) is 14.1. The number of benzene rings is 1. The zero-order chi connectivity index (χ0) is 17.2. The maximum atomic E-state index is 12.4. The van der Waals surface area contributed by atoms with Crippen LogP contribution in [0.25, 0.3) is 0 Å². The topological polar surface area (TPSA) is 58.4 Å². The van der Waals surface area contributed by atoms with Gasteiger partial charge in [-0.3, -0.25) is 9.69 Å². The summed E-state index contributed by atoms with van der Waals surface area (Å²) in [5.74, 6) is 1.19. The van der Waals surface area contributed by atoms with Crippen LogP contribution in [0.2, 0.25) is 5.02 Å². The second-order valence-electron chi connectivity index (χ2n) is 7.06. The third kappa shape index (κ3) is 4.22. The van der Waals surface area contributed by atoms with Crippen LogP contribution in [0.15, 0.2) is 34.9 Å². The third-order valence-corrected chi connectivity index (χ3v) is 5.15. The summed E-state index contributed by atoms with van der Waals surface area (Å²) in [5, 5.41) is 7.79. The summed E-state index contributed by atoms with van der Waals surface area (Å²) in [5.41, 5.74) is 1.64. The number of hydrogen-bond acceptors (Lipinski definition) is 4. The van der Waals surface area contributed by atoms with Gasteiger partial charge in [0.1, 0.15) is 5.76 Å². The molecule has 4 rings (SSSR count). The molecule has 1 atom stereocenters. The number of amides is 1. The first-order valence-corrected chi connectivity index (χ1v) is 9.29. The highest BCUT2D eigenvalue weighted by Gasteiger charge is 2.29. The van der Waals surface area contributed by atoms with Crippen LogP contribution >= 0.6 is 11.6 Å². The smallest absolute Gasteiger partial charge is 0.273 e. The maximum Gasteiger partial charge on any atom is 0.273 e. The zero-order valence-corrected chi connectivity index (χ0v) is 14.8. The Labute approximate surface area is 152 Å². The average molecular weight is 360 g/mol. The fourth-order valence-electron chi connectivity index (χ4n) is 3.38. The monoisotopic (exact) mass is 359 g/mol. The first-order valence-electron chi connectivity index (χ1n) is 8.91. The van der Waals surface area contributed by atoms with E-state index in [2.05, 4.69) is 27.5 Å². The first-order chi connectivity index (χ1) is 12.2. The van der Waals surface area contributed by atoms with Crippen molar-refractivity contribution in [3.8, 4) is 0 Å². The van der Waals surface area contributed by atoms with Gasteiger partial charge in [0.2, 0.25) is 0 Å². The Kier molecular flexibility index (Phi) is 4.77. The van der Waals surface area contributed by atoms with E-state index in [4.69, 9.17) is 16.1 Å². The maximum absolute atomic E-state index is 12.4. The molecule has 2 aliphatic rings. The van der Waals surface area contributed by atoms with Crippen molar-refractivity contribution in [2.75, 3.05) is 13.1 Å². The Morgan fingerprint density at radius 1 is 1.28 bits per heavy atom. The summed E-state index contributed by atoms with van der Waals surface area (Å²) >= 11 is 5.94. The van der Waals surface area contributed by atoms with Gasteiger partial charge >= 0.3 is 0 Å². The largest absolute Gasteiger partial charge is 0.360 e. The van der Waals surface area contributed by atoms with E-state index in [1.165, 1.54) is 5.56 Å². The SMILES string of the molecule is O=C(NC1CCCN(Cc2ccc(Cl)cc2)C1)c1cc(C2CC2)on1. The number of aromatic nitrogens is 1. The molecule has 1 amide bonds. The highest BCUT2D eigenvalue weighted by atomic mass is 35.5. The molecule has 1 saturated carbocycles. The van der Waals surface area contributed by atoms with Crippen molar-refractivity contribution in [1.82, 2.24) is 15.4 Å². The number of halogens is 1. The molecule has 0 bridgehead atoms. The van der Waals surface area contributed by atoms with Gasteiger partial charge in [0.05, 0.1) is 0 Å². The number of rotatable bonds is 5. The molecule has 1 saturated heterocycles. The lowest BCUT2D eigenvalue weighted by Gasteiger charge is -2.33. The van der Waals surface area contributed by atoms with E-state index in [0.29, 0.717) is 11.6 Å². The Hall–Kier alpha value is -1.85. The van der Waals surface area contributed by atoms with E-state index in [1.54, 1.807) is 6.07 Å². The molecule has 6 heteroatoms. The van der Waals surface area contributed by atoms with Crippen LogP contribution in [-0.4, -0.2) is 35.1 Å². The molecule has 2 fully saturated rings. The molecular weight excluding hydrogens is 338 g/mol. The second-order valence-corrected chi connectivity index (χ2v) is 7.50. The van der Waals surface area contributed by atoms with Crippen LogP contribution in [-0.2, 0) is 6.54 Å². The lowest BCUT2D eigenvalue weighted by molar-refractivity contribution is 0.0891. The molecule has 25 heavy (non-hydrogen) atoms. The number of piperidine rings is 1. The highest BCUT2D eigenvalue weighted by molar-refractivity contribution is 6.30. The molecule has 132 valence electrons. The molecule has 0 spiro atoms. The Bertz CT molecular complexity index is 739. The van der Waals surface area contributed by atoms with Gasteiger partial charge in [0, 0.05) is 36.1 Å². The van der Waals surface area contributed by atoms with Gasteiger partial charge in [0.25, 0.3) is 5.91 Å². The summed E-state index contributed by atoms with van der Waals surface area (Å²) in [4.78, 5) is 14.8. The minimum Gasteiger partial charge on any atom is -0.360 e. The van der Waals surface area contributed by atoms with Crippen LogP contribution in [0, 0.1) is 0 Å². The van der Waals surface area contributed by atoms with Crippen molar-refractivity contribution >= 4 is 17.5 Å². The van der Waals surface area contributed by atoms with Crippen LogP contribution in [0.3, 0.4) is 0 Å². The first kappa shape index (κ1) is 16.6. The van der Waals surface area contributed by atoms with Crippen molar-refractivity contribution in [2.24, 2.45) is 0 Å². The normalized spacial score (nSPS) is 21.2. The van der Waals surface area contributed by atoms with E-state index in [1.807, 2.05) is 12.1 Å². The summed E-state index contributed by atoms with van der Waals surface area (Å²) in [7, 11) is 0. The van der Waals surface area contributed by atoms with Gasteiger partial charge in [-0.25, -0.2) is 0 Å². The molecule has 1 aliphatic heterocycles. The Morgan fingerprint density at radius 2 is 2.08 bits per heavy atom. The van der Waals surface area contributed by atoms with Gasteiger partial charge in [0.15, 0.2) is 5.69 Å². The Morgan fingerprint density at radius 3 is 2.84 bits per heavy atom. The quantitative estimate of drug-likeness (QED) is 0.886. The molecule has 1 unspecified atom stereocenters. The summed E-state index contributed by atoms with van der Waals surface area (Å²) < 4.78 is 5.28. The molecule has 2 heterocycles. The van der Waals surface area contributed by atoms with Crippen LogP contribution in [0.5, 0.6) is 0 Å². The molecular formula is C19H22ClN3O2. The molecule has 0 radical (unpaired) electrons. The number of likely N-dealkylation sites (tertiary alicyclic amines) is 1. The molecule has 1 aromatic carbocycles. The van der Waals surface area contributed by atoms with Crippen molar-refractivity contribution in [1.29, 1.82) is 0 Å². The van der Waals surface area contributed by atoms with Gasteiger partial charge in [-0.1, -0.05) is 28.9 Å². The van der Waals surface area contributed by atoms with Crippen LogP contribution in [0.1, 0.15) is 53.4 Å². The number of nitrogens with one attached hydrogen (secondary N) is 1. The van der Waals surface area contributed by atoms with Crippen LogP contribution in [0.4, 0.5) is 0 Å². The molecule has 1 aromatic heterocycles. The number of carbonyl (C=O) groups excluding carboxylic acids is 1. The Balaban J connectivity index is 1.32. The minimum absolute atomic E-state index is 0.131. The molecule has 2 aromatic rings. The number of hydrogen-bond donors (Lipinski definition) is 1. The lowest BCUT2D eigenvalue weighted by atomic mass is 10.0.